The fourth-order valence-electron chi connectivity index (χ4n) is 2.68. The van der Waals surface area contributed by atoms with E-state index in [1.165, 1.54) is 24.1 Å². The molecular formula is C28H40N2O4S2. The lowest BCUT2D eigenvalue weighted by atomic mass is 10.2. The minimum atomic E-state index is -1.22. The van der Waals surface area contributed by atoms with E-state index in [0.717, 1.165) is 12.0 Å². The van der Waals surface area contributed by atoms with Gasteiger partial charge in [0.2, 0.25) is 0 Å². The molecule has 0 spiro atoms. The molecule has 2 aromatic heterocycles. The van der Waals surface area contributed by atoms with Gasteiger partial charge in [0.1, 0.15) is 17.3 Å². The second-order valence-electron chi connectivity index (χ2n) is 9.77. The molecule has 0 aliphatic heterocycles. The van der Waals surface area contributed by atoms with Gasteiger partial charge in [-0.15, -0.1) is 10.3 Å². The van der Waals surface area contributed by atoms with Crippen molar-refractivity contribution in [2.75, 3.05) is 24.4 Å². The molecule has 198 valence electrons. The molecule has 2 heterocycles. The topological polar surface area (TPSA) is 80.7 Å². The minimum Gasteiger partial charge on any atom is -0.508 e. The molecule has 8 heteroatoms. The van der Waals surface area contributed by atoms with Gasteiger partial charge in [0.05, 0.1) is 13.2 Å². The number of carbonyl (C=O) groups excluding carboxylic acids is 1. The number of aromatic nitrogens is 1. The summed E-state index contributed by atoms with van der Waals surface area (Å²) < 4.78 is 12.0. The van der Waals surface area contributed by atoms with Gasteiger partial charge in [0.25, 0.3) is 5.91 Å². The molecule has 36 heavy (non-hydrogen) atoms. The van der Waals surface area contributed by atoms with Gasteiger partial charge in [-0.3, -0.25) is 4.79 Å². The molecule has 0 saturated carbocycles. The summed E-state index contributed by atoms with van der Waals surface area (Å²) in [6.07, 6.45) is 8.03. The molecular weight excluding hydrogens is 492 g/mol. The first kappa shape index (κ1) is 29.7. The fraction of sp³-hybridized carbons (Fsp3) is 0.429. The first-order chi connectivity index (χ1) is 16.9. The van der Waals surface area contributed by atoms with Gasteiger partial charge in [-0.25, -0.2) is 4.98 Å². The molecule has 0 aliphatic rings. The largest absolute Gasteiger partial charge is 0.508 e. The van der Waals surface area contributed by atoms with Crippen molar-refractivity contribution in [3.63, 3.8) is 0 Å². The first-order valence-corrected chi connectivity index (χ1v) is 15.4. The molecule has 0 fully saturated rings. The number of nitrogens with one attached hydrogen (secondary N) is 1. The van der Waals surface area contributed by atoms with Crippen molar-refractivity contribution in [1.29, 1.82) is 0 Å². The van der Waals surface area contributed by atoms with E-state index in [1.54, 1.807) is 29.7 Å². The van der Waals surface area contributed by atoms with Crippen molar-refractivity contribution in [1.82, 2.24) is 4.98 Å². The molecule has 0 bridgehead atoms. The number of nitrogens with zero attached hydrogens (tertiary/aromatic N) is 1. The molecule has 6 nitrogen and oxygen atoms in total. The first-order valence-electron chi connectivity index (χ1n) is 12.1. The van der Waals surface area contributed by atoms with Crippen molar-refractivity contribution < 1.29 is 18.8 Å². The van der Waals surface area contributed by atoms with Crippen LogP contribution in [0.4, 0.5) is 5.82 Å². The molecule has 0 atom stereocenters. The van der Waals surface area contributed by atoms with Crippen molar-refractivity contribution in [2.45, 2.75) is 58.8 Å². The second-order valence-corrected chi connectivity index (χ2v) is 14.5. The lowest BCUT2D eigenvalue weighted by molar-refractivity contribution is 0.102. The highest BCUT2D eigenvalue weighted by molar-refractivity contribution is 8.29. The maximum absolute atomic E-state index is 12.7. The number of ether oxygens (including phenoxy) is 1. The number of thiophene rings is 1. The van der Waals surface area contributed by atoms with Crippen LogP contribution < -0.4 is 10.1 Å². The van der Waals surface area contributed by atoms with Crippen LogP contribution in [0.5, 0.6) is 11.5 Å². The number of hydrogen-bond donors (Lipinski definition) is 2. The van der Waals surface area contributed by atoms with Crippen LogP contribution in [0.2, 0.25) is 0 Å². The third-order valence-corrected chi connectivity index (χ3v) is 9.84. The number of pyridine rings is 1. The Hall–Kier alpha value is -2.55. The normalized spacial score (nSPS) is 11.9. The summed E-state index contributed by atoms with van der Waals surface area (Å²) in [5.41, 5.74) is 2.43. The Bertz CT molecular complexity index is 1080. The minimum absolute atomic E-state index is 0.0300. The third kappa shape index (κ3) is 9.48. The SMILES string of the molecule is CC(C)(C)S(C)(C)OCc1ccc(NC(=O)c2cc(O)cc(OCCc3ccsc3)c2)nc1.CCC. The predicted molar refractivity (Wildman–Crippen MR) is 154 cm³/mol. The van der Waals surface area contributed by atoms with Gasteiger partial charge in [-0.1, -0.05) is 47.1 Å². The smallest absolute Gasteiger partial charge is 0.257 e. The van der Waals surface area contributed by atoms with Crippen LogP contribution in [0.25, 0.3) is 0 Å². The number of phenolic OH excluding ortho intramolecular Hbond substituents is 1. The van der Waals surface area contributed by atoms with Crippen molar-refractivity contribution in [3.8, 4) is 11.5 Å². The Morgan fingerprint density at radius 1 is 1.11 bits per heavy atom. The highest BCUT2D eigenvalue weighted by Crippen LogP contribution is 2.54. The molecule has 0 aliphatic carbocycles. The Morgan fingerprint density at radius 3 is 2.42 bits per heavy atom. The fourth-order valence-corrected chi connectivity index (χ4v) is 4.17. The quantitative estimate of drug-likeness (QED) is 0.299. The summed E-state index contributed by atoms with van der Waals surface area (Å²) in [6.45, 7) is 11.7. The van der Waals surface area contributed by atoms with Crippen LogP contribution in [-0.4, -0.2) is 39.9 Å². The van der Waals surface area contributed by atoms with Gasteiger partial charge in [-0.2, -0.15) is 11.3 Å². The number of hydrogen-bond acceptors (Lipinski definition) is 6. The number of rotatable bonds is 9. The van der Waals surface area contributed by atoms with Crippen LogP contribution in [-0.2, 0) is 17.2 Å². The van der Waals surface area contributed by atoms with Crippen molar-refractivity contribution in [2.24, 2.45) is 0 Å². The highest BCUT2D eigenvalue weighted by Gasteiger charge is 2.28. The number of carbonyl (C=O) groups is 1. The molecule has 2 N–H and O–H groups in total. The average molecular weight is 533 g/mol. The Balaban J connectivity index is 0.00000145. The standard InChI is InChI=1S/C25H32N2O4S2.C3H8/c1-25(2,3)33(4,5)31-16-19-6-7-23(26-15-19)27-24(29)20-12-21(28)14-22(13-20)30-10-8-18-9-11-32-17-18;1-3-2/h6-7,9,11-15,17,28H,8,10,16H2,1-5H3,(H,26,27,29);3H2,1-2H3. The molecule has 0 radical (unpaired) electrons. The summed E-state index contributed by atoms with van der Waals surface area (Å²) >= 11 is 1.64. The molecule has 0 unspecified atom stereocenters. The number of benzene rings is 1. The second kappa shape index (κ2) is 13.7. The van der Waals surface area contributed by atoms with Crippen LogP contribution in [0.15, 0.2) is 53.4 Å². The van der Waals surface area contributed by atoms with Crippen molar-refractivity contribution in [3.05, 3.63) is 70.0 Å². The number of phenols is 1. The van der Waals surface area contributed by atoms with E-state index in [4.69, 9.17) is 8.92 Å². The summed E-state index contributed by atoms with van der Waals surface area (Å²) in [6, 6.07) is 10.2. The van der Waals surface area contributed by atoms with Gasteiger partial charge >= 0.3 is 0 Å². The highest BCUT2D eigenvalue weighted by atomic mass is 32.3. The van der Waals surface area contributed by atoms with E-state index in [2.05, 4.69) is 62.8 Å². The molecule has 1 aromatic carbocycles. The predicted octanol–water partition coefficient (Wildman–Crippen LogP) is 7.43. The number of anilines is 1. The average Bonchev–Trinajstić information content (AvgIpc) is 3.32. The molecule has 3 aromatic rings. The van der Waals surface area contributed by atoms with Gasteiger partial charge < -0.3 is 19.3 Å². The van der Waals surface area contributed by atoms with Crippen LogP contribution in [0.1, 0.15) is 62.5 Å². The Morgan fingerprint density at radius 2 is 1.83 bits per heavy atom. The van der Waals surface area contributed by atoms with Gasteiger partial charge in [0.15, 0.2) is 0 Å². The van der Waals surface area contributed by atoms with Gasteiger partial charge in [-0.05, 0) is 58.7 Å². The lowest BCUT2D eigenvalue weighted by Crippen LogP contribution is -2.25. The summed E-state index contributed by atoms with van der Waals surface area (Å²) in [5, 5.41) is 16.9. The Labute approximate surface area is 221 Å². The van der Waals surface area contributed by atoms with Crippen molar-refractivity contribution >= 4 is 33.4 Å². The number of aromatic hydroxyl groups is 1. The molecule has 0 saturated heterocycles. The van der Waals surface area contributed by atoms with Crippen LogP contribution in [0, 0.1) is 0 Å². The Kier molecular flexibility index (Phi) is 11.3. The molecule has 3 rings (SSSR count). The maximum atomic E-state index is 12.7. The zero-order chi connectivity index (χ0) is 26.8. The summed E-state index contributed by atoms with van der Waals surface area (Å²) in [7, 11) is -1.22. The third-order valence-electron chi connectivity index (χ3n) is 5.45. The number of amides is 1. The van der Waals surface area contributed by atoms with E-state index in [0.29, 0.717) is 30.3 Å². The summed E-state index contributed by atoms with van der Waals surface area (Å²) in [5.74, 6) is 0.468. The van der Waals surface area contributed by atoms with Crippen LogP contribution in [0.3, 0.4) is 0 Å². The monoisotopic (exact) mass is 532 g/mol. The van der Waals surface area contributed by atoms with E-state index >= 15 is 0 Å². The van der Waals surface area contributed by atoms with E-state index in [1.807, 2.05) is 17.5 Å². The van der Waals surface area contributed by atoms with Crippen LogP contribution >= 0.6 is 21.6 Å². The van der Waals surface area contributed by atoms with E-state index in [9.17, 15) is 9.90 Å². The lowest BCUT2D eigenvalue weighted by Gasteiger charge is -2.43. The van der Waals surface area contributed by atoms with E-state index < -0.39 is 10.3 Å². The zero-order valence-electron chi connectivity index (χ0n) is 22.5. The van der Waals surface area contributed by atoms with Gasteiger partial charge in [0, 0.05) is 29.0 Å². The summed E-state index contributed by atoms with van der Waals surface area (Å²) in [4.78, 5) is 17.0. The molecule has 1 amide bonds. The van der Waals surface area contributed by atoms with E-state index in [-0.39, 0.29) is 16.4 Å². The zero-order valence-corrected chi connectivity index (χ0v) is 24.1. The maximum Gasteiger partial charge on any atom is 0.257 e.